The number of nitrogens with one attached hydrogen (secondary N) is 1. The van der Waals surface area contributed by atoms with E-state index in [1.807, 2.05) is 44.2 Å². The average molecular weight is 555 g/mol. The van der Waals surface area contributed by atoms with Crippen LogP contribution in [0.2, 0.25) is 5.02 Å². The molecule has 39 heavy (non-hydrogen) atoms. The second-order valence-electron chi connectivity index (χ2n) is 9.48. The van der Waals surface area contributed by atoms with Crippen LogP contribution < -0.4 is 19.5 Å². The molecule has 0 aliphatic carbocycles. The molecular weight excluding hydrogens is 520 g/mol. The van der Waals surface area contributed by atoms with Crippen LogP contribution in [0.15, 0.2) is 47.4 Å². The van der Waals surface area contributed by atoms with Crippen LogP contribution in [-0.2, 0) is 13.1 Å². The zero-order valence-electron chi connectivity index (χ0n) is 22.4. The molecule has 0 amide bonds. The Bertz CT molecular complexity index is 1310. The molecule has 0 saturated carbocycles. The van der Waals surface area contributed by atoms with Gasteiger partial charge in [0.1, 0.15) is 40.4 Å². The van der Waals surface area contributed by atoms with Crippen molar-refractivity contribution in [3.63, 3.8) is 0 Å². The quantitative estimate of drug-likeness (QED) is 0.217. The van der Waals surface area contributed by atoms with E-state index in [1.165, 1.54) is 6.33 Å². The molecule has 4 aromatic rings. The van der Waals surface area contributed by atoms with E-state index in [4.69, 9.17) is 30.2 Å². The van der Waals surface area contributed by atoms with Crippen LogP contribution in [0.4, 0.5) is 6.01 Å². The second kappa shape index (κ2) is 13.0. The molecule has 3 heterocycles. The van der Waals surface area contributed by atoms with Crippen LogP contribution >= 0.6 is 11.6 Å². The molecule has 0 unspecified atom stereocenters. The van der Waals surface area contributed by atoms with Crippen molar-refractivity contribution in [2.45, 2.75) is 52.2 Å². The van der Waals surface area contributed by atoms with Gasteiger partial charge in [0.2, 0.25) is 0 Å². The van der Waals surface area contributed by atoms with Crippen LogP contribution in [0.25, 0.3) is 11.1 Å². The smallest absolute Gasteiger partial charge is 0.295 e. The normalized spacial score (nSPS) is 14.5. The Kier molecular flexibility index (Phi) is 9.05. The predicted octanol–water partition coefficient (Wildman–Crippen LogP) is 5.42. The number of fused-ring (bicyclic) bond motifs is 1. The van der Waals surface area contributed by atoms with Crippen LogP contribution in [0, 0.1) is 0 Å². The second-order valence-corrected chi connectivity index (χ2v) is 9.85. The highest BCUT2D eigenvalue weighted by Crippen LogP contribution is 2.36. The van der Waals surface area contributed by atoms with E-state index in [9.17, 15) is 0 Å². The van der Waals surface area contributed by atoms with Crippen LogP contribution in [0.1, 0.15) is 38.7 Å². The number of nitrogens with zero attached hydrogens (tertiary/aromatic N) is 5. The largest absolute Gasteiger partial charge is 0.493 e. The summed E-state index contributed by atoms with van der Waals surface area (Å²) in [6, 6.07) is 10.6. The zero-order valence-corrected chi connectivity index (χ0v) is 23.2. The van der Waals surface area contributed by atoms with E-state index in [1.54, 1.807) is 11.0 Å². The van der Waals surface area contributed by atoms with Crippen molar-refractivity contribution in [1.82, 2.24) is 24.6 Å². The van der Waals surface area contributed by atoms with Crippen molar-refractivity contribution in [2.24, 2.45) is 0 Å². The van der Waals surface area contributed by atoms with E-state index in [2.05, 4.69) is 25.3 Å². The Labute approximate surface area is 233 Å². The lowest BCUT2D eigenvalue weighted by Crippen LogP contribution is -2.38. The maximum Gasteiger partial charge on any atom is 0.295 e. The van der Waals surface area contributed by atoms with Gasteiger partial charge in [0.25, 0.3) is 6.01 Å². The number of piperidine rings is 1. The van der Waals surface area contributed by atoms with Crippen molar-refractivity contribution in [3.05, 3.63) is 53.6 Å². The Morgan fingerprint density at radius 3 is 2.51 bits per heavy atom. The summed E-state index contributed by atoms with van der Waals surface area (Å²) in [6.45, 7) is 9.10. The van der Waals surface area contributed by atoms with Gasteiger partial charge >= 0.3 is 0 Å². The third-order valence-corrected chi connectivity index (χ3v) is 6.99. The van der Waals surface area contributed by atoms with E-state index in [0.29, 0.717) is 48.4 Å². The van der Waals surface area contributed by atoms with Gasteiger partial charge in [-0.05, 0) is 56.5 Å². The molecule has 10 nitrogen and oxygen atoms in total. The Morgan fingerprint density at radius 1 is 1.05 bits per heavy atom. The summed E-state index contributed by atoms with van der Waals surface area (Å²) in [6.07, 6.45) is 6.06. The van der Waals surface area contributed by atoms with Crippen molar-refractivity contribution < 1.29 is 18.6 Å². The number of halogens is 1. The predicted molar refractivity (Wildman–Crippen MR) is 150 cm³/mol. The average Bonchev–Trinajstić information content (AvgIpc) is 3.60. The number of benzene rings is 2. The summed E-state index contributed by atoms with van der Waals surface area (Å²) >= 11 is 6.46. The number of anilines is 1. The van der Waals surface area contributed by atoms with Gasteiger partial charge in [-0.1, -0.05) is 11.6 Å². The first kappa shape index (κ1) is 27.1. The van der Waals surface area contributed by atoms with Crippen LogP contribution in [0.5, 0.6) is 17.2 Å². The Hall–Kier alpha value is -3.50. The van der Waals surface area contributed by atoms with Crippen LogP contribution in [-0.4, -0.2) is 63.6 Å². The van der Waals surface area contributed by atoms with E-state index in [-0.39, 0.29) is 0 Å². The lowest BCUT2D eigenvalue weighted by atomic mass is 10.0. The summed E-state index contributed by atoms with van der Waals surface area (Å²) in [7, 11) is 0. The first-order valence-corrected chi connectivity index (χ1v) is 13.9. The highest BCUT2D eigenvalue weighted by molar-refractivity contribution is 6.33. The lowest BCUT2D eigenvalue weighted by molar-refractivity contribution is 0.209. The molecule has 1 fully saturated rings. The number of hydrogen-bond donors (Lipinski definition) is 1. The van der Waals surface area contributed by atoms with Crippen molar-refractivity contribution in [2.75, 3.05) is 38.2 Å². The molecule has 2 aromatic heterocycles. The molecule has 11 heteroatoms. The first-order chi connectivity index (χ1) is 19.1. The molecule has 0 bridgehead atoms. The maximum absolute atomic E-state index is 6.46. The number of hydrogen-bond acceptors (Lipinski definition) is 9. The van der Waals surface area contributed by atoms with Gasteiger partial charge in [-0.25, -0.2) is 4.98 Å². The van der Waals surface area contributed by atoms with Crippen molar-refractivity contribution in [1.29, 1.82) is 0 Å². The maximum atomic E-state index is 6.46. The molecule has 1 aliphatic heterocycles. The summed E-state index contributed by atoms with van der Waals surface area (Å²) in [5.74, 6) is 2.12. The molecule has 1 aliphatic rings. The van der Waals surface area contributed by atoms with Gasteiger partial charge in [-0.15, -0.1) is 0 Å². The van der Waals surface area contributed by atoms with Gasteiger partial charge in [0.05, 0.1) is 19.8 Å². The minimum absolute atomic E-state index is 0.296. The van der Waals surface area contributed by atoms with Gasteiger partial charge in [0.15, 0.2) is 5.58 Å². The Balaban J connectivity index is 1.11. The minimum atomic E-state index is 0.296. The molecular formula is C28H35ClN6O4. The summed E-state index contributed by atoms with van der Waals surface area (Å²) < 4.78 is 25.1. The van der Waals surface area contributed by atoms with Gasteiger partial charge in [-0.3, -0.25) is 9.58 Å². The molecule has 0 spiro atoms. The third kappa shape index (κ3) is 7.13. The topological polar surface area (TPSA) is 99.7 Å². The highest BCUT2D eigenvalue weighted by Gasteiger charge is 2.22. The van der Waals surface area contributed by atoms with Crippen LogP contribution in [0.3, 0.4) is 0 Å². The standard InChI is InChI=1S/C28H35ClN6O4/c1-3-36-25-14-20(15-26(27(25)29)37-4-2)17-34-11-8-21(9-12-34)32-28-33-23-16-22(6-7-24(23)39-28)38-13-5-10-35-19-30-18-31-35/h6-7,14-16,18-19,21H,3-5,8-13,17H2,1-2H3,(H,32,33). The first-order valence-electron chi connectivity index (χ1n) is 13.5. The van der Waals surface area contributed by atoms with E-state index < -0.39 is 0 Å². The summed E-state index contributed by atoms with van der Waals surface area (Å²) in [5.41, 5.74) is 2.65. The minimum Gasteiger partial charge on any atom is -0.493 e. The van der Waals surface area contributed by atoms with Gasteiger partial charge in [-0.2, -0.15) is 10.1 Å². The van der Waals surface area contributed by atoms with E-state index in [0.717, 1.165) is 67.9 Å². The molecule has 2 aromatic carbocycles. The molecule has 1 N–H and O–H groups in total. The highest BCUT2D eigenvalue weighted by atomic mass is 35.5. The number of oxazole rings is 1. The van der Waals surface area contributed by atoms with Gasteiger partial charge in [0, 0.05) is 44.7 Å². The lowest BCUT2D eigenvalue weighted by Gasteiger charge is -2.32. The number of rotatable bonds is 13. The number of aromatic nitrogens is 4. The van der Waals surface area contributed by atoms with Crippen molar-refractivity contribution in [3.8, 4) is 17.2 Å². The monoisotopic (exact) mass is 554 g/mol. The number of likely N-dealkylation sites (tertiary alicyclic amines) is 1. The number of aryl methyl sites for hydroxylation is 1. The zero-order chi connectivity index (χ0) is 27.0. The molecule has 0 radical (unpaired) electrons. The fourth-order valence-electron chi connectivity index (χ4n) is 4.73. The fourth-order valence-corrected chi connectivity index (χ4v) is 4.95. The third-order valence-electron chi connectivity index (χ3n) is 6.61. The SMILES string of the molecule is CCOc1cc(CN2CCC(Nc3nc4cc(OCCCn5cncn5)ccc4o3)CC2)cc(OCC)c1Cl. The molecule has 5 rings (SSSR count). The Morgan fingerprint density at radius 2 is 1.82 bits per heavy atom. The molecule has 0 atom stereocenters. The summed E-state index contributed by atoms with van der Waals surface area (Å²) in [5, 5.41) is 8.12. The van der Waals surface area contributed by atoms with Gasteiger partial charge < -0.3 is 23.9 Å². The van der Waals surface area contributed by atoms with Crippen molar-refractivity contribution >= 4 is 28.7 Å². The molecule has 1 saturated heterocycles. The fraction of sp³-hybridized carbons (Fsp3) is 0.464. The van der Waals surface area contributed by atoms with E-state index >= 15 is 0 Å². The number of ether oxygens (including phenoxy) is 3. The molecule has 208 valence electrons. The summed E-state index contributed by atoms with van der Waals surface area (Å²) in [4.78, 5) is 11.0.